The third-order valence-electron chi connectivity index (χ3n) is 3.64. The fourth-order valence-electron chi connectivity index (χ4n) is 2.36. The Morgan fingerprint density at radius 2 is 1.81 bits per heavy atom. The van der Waals surface area contributed by atoms with E-state index < -0.39 is 10.4 Å². The average Bonchev–Trinajstić information content (AvgIpc) is 2.61. The second kappa shape index (κ2) is 11.1. The Balaban J connectivity index is 0.000000646. The molecule has 2 rings (SSSR count). The molecule has 0 fully saturated rings. The van der Waals surface area contributed by atoms with E-state index in [0.717, 1.165) is 25.2 Å². The first-order chi connectivity index (χ1) is 12.7. The minimum Gasteiger partial charge on any atom is -0.372 e. The third kappa shape index (κ3) is 9.08. The zero-order valence-corrected chi connectivity index (χ0v) is 17.1. The van der Waals surface area contributed by atoms with E-state index in [1.165, 1.54) is 5.56 Å². The van der Waals surface area contributed by atoms with Crippen LogP contribution >= 0.6 is 24.2 Å². The molecule has 0 amide bonds. The van der Waals surface area contributed by atoms with Crippen molar-refractivity contribution in [1.29, 1.82) is 5.39 Å². The van der Waals surface area contributed by atoms with Crippen molar-refractivity contribution in [2.45, 2.75) is 18.6 Å². The highest BCUT2D eigenvalue weighted by atomic mass is 35.5. The van der Waals surface area contributed by atoms with E-state index >= 15 is 0 Å². The van der Waals surface area contributed by atoms with Crippen molar-refractivity contribution in [3.8, 4) is 0 Å². The minimum absolute atomic E-state index is 0.206. The summed E-state index contributed by atoms with van der Waals surface area (Å²) in [6.45, 7) is 3.86. The van der Waals surface area contributed by atoms with Gasteiger partial charge in [0.05, 0.1) is 0 Å². The van der Waals surface area contributed by atoms with Crippen molar-refractivity contribution in [2.24, 2.45) is 0 Å². The minimum atomic E-state index is -4.67. The molecule has 0 aliphatic heterocycles. The zero-order chi connectivity index (χ0) is 20.4. The average molecular weight is 431 g/mol. The summed E-state index contributed by atoms with van der Waals surface area (Å²) in [5, 5.41) is 9.48. The maximum absolute atomic E-state index is 8.82. The van der Waals surface area contributed by atoms with Gasteiger partial charge in [-0.15, -0.1) is 0 Å². The molecule has 0 saturated heterocycles. The third-order valence-corrected chi connectivity index (χ3v) is 4.50. The molecule has 2 N–H and O–H groups in total. The molecule has 2 aromatic carbocycles. The van der Waals surface area contributed by atoms with Crippen LogP contribution < -0.4 is 4.90 Å². The fraction of sp³-hybridized carbons (Fsp3) is 0.294. The first-order valence-corrected chi connectivity index (χ1v) is 10.3. The Bertz CT molecular complexity index is 865. The molecule has 10 heteroatoms. The summed E-state index contributed by atoms with van der Waals surface area (Å²) in [5.41, 5.74) is 2.64. The molecular weight excluding hydrogens is 410 g/mol. The lowest BCUT2D eigenvalue weighted by molar-refractivity contribution is 0.381. The topological polar surface area (TPSA) is 106 Å². The highest BCUT2D eigenvalue weighted by Gasteiger charge is 2.15. The van der Waals surface area contributed by atoms with E-state index in [1.54, 1.807) is 6.07 Å². The number of diazo groups is 1. The van der Waals surface area contributed by atoms with Crippen molar-refractivity contribution in [2.75, 3.05) is 18.0 Å². The SMILES string of the molecule is CCN(CCC(S)c1ccccc1)c1ccc([N+]#N)c(Cl)c1.O=S(=O)(O)O. The van der Waals surface area contributed by atoms with E-state index in [9.17, 15) is 0 Å². The van der Waals surface area contributed by atoms with Crippen LogP contribution in [0.2, 0.25) is 5.02 Å². The van der Waals surface area contributed by atoms with Gasteiger partial charge in [0.25, 0.3) is 0 Å². The van der Waals surface area contributed by atoms with Gasteiger partial charge >= 0.3 is 16.1 Å². The van der Waals surface area contributed by atoms with Gasteiger partial charge in [0.15, 0.2) is 4.98 Å². The molecule has 1 unspecified atom stereocenters. The molecule has 0 aliphatic rings. The lowest BCUT2D eigenvalue weighted by Crippen LogP contribution is -2.24. The second-order valence-electron chi connectivity index (χ2n) is 5.48. The summed E-state index contributed by atoms with van der Waals surface area (Å²) < 4.78 is 31.6. The predicted molar refractivity (Wildman–Crippen MR) is 111 cm³/mol. The quantitative estimate of drug-likeness (QED) is 0.336. The molecule has 0 spiro atoms. The van der Waals surface area contributed by atoms with Gasteiger partial charge in [0.2, 0.25) is 5.39 Å². The molecule has 0 saturated carbocycles. The van der Waals surface area contributed by atoms with Gasteiger partial charge in [-0.1, -0.05) is 41.9 Å². The summed E-state index contributed by atoms with van der Waals surface area (Å²) in [4.78, 5) is 5.38. The standard InChI is InChI=1S/C17H18ClN3S.H2O4S/c1-2-21(14-8-9-16(20-19)15(18)12-14)11-10-17(22)13-6-4-3-5-7-13;1-5(2,3)4/h3-9,12,17H,2,10-11H2,1H3;(H2,1,2,3,4)/p+1. The summed E-state index contributed by atoms with van der Waals surface area (Å²) in [5.74, 6) is 0. The highest BCUT2D eigenvalue weighted by molar-refractivity contribution is 7.80. The van der Waals surface area contributed by atoms with Crippen LogP contribution in [-0.2, 0) is 10.4 Å². The van der Waals surface area contributed by atoms with E-state index in [1.807, 2.05) is 30.3 Å². The Morgan fingerprint density at radius 1 is 1.22 bits per heavy atom. The summed E-state index contributed by atoms with van der Waals surface area (Å²) in [6.07, 6.45) is 0.935. The summed E-state index contributed by atoms with van der Waals surface area (Å²) in [7, 11) is -4.67. The predicted octanol–water partition coefficient (Wildman–Crippen LogP) is 5.06. The van der Waals surface area contributed by atoms with Crippen LogP contribution in [0.3, 0.4) is 0 Å². The van der Waals surface area contributed by atoms with Gasteiger partial charge in [-0.25, -0.2) is 0 Å². The molecule has 7 nitrogen and oxygen atoms in total. The normalized spacial score (nSPS) is 11.7. The molecule has 0 aromatic heterocycles. The van der Waals surface area contributed by atoms with Crippen LogP contribution in [0.25, 0.3) is 4.98 Å². The molecule has 0 bridgehead atoms. The highest BCUT2D eigenvalue weighted by Crippen LogP contribution is 2.30. The van der Waals surface area contributed by atoms with Crippen LogP contribution in [-0.4, -0.2) is 30.6 Å². The molecule has 0 aliphatic carbocycles. The first kappa shape index (κ1) is 23.2. The van der Waals surface area contributed by atoms with Crippen molar-refractivity contribution in [1.82, 2.24) is 0 Å². The lowest BCUT2D eigenvalue weighted by Gasteiger charge is -2.24. The number of hydrogen-bond donors (Lipinski definition) is 3. The van der Waals surface area contributed by atoms with Crippen molar-refractivity contribution >= 4 is 46.0 Å². The van der Waals surface area contributed by atoms with Crippen LogP contribution in [0, 0.1) is 5.39 Å². The van der Waals surface area contributed by atoms with E-state index in [4.69, 9.17) is 47.1 Å². The van der Waals surface area contributed by atoms with Gasteiger partial charge < -0.3 is 4.90 Å². The lowest BCUT2D eigenvalue weighted by atomic mass is 10.1. The maximum Gasteiger partial charge on any atom is 0.403 e. The first-order valence-electron chi connectivity index (χ1n) is 7.98. The van der Waals surface area contributed by atoms with Gasteiger partial charge in [-0.3, -0.25) is 9.11 Å². The second-order valence-corrected chi connectivity index (χ2v) is 7.40. The largest absolute Gasteiger partial charge is 0.403 e. The smallest absolute Gasteiger partial charge is 0.372 e. The van der Waals surface area contributed by atoms with E-state index in [0.29, 0.717) is 10.7 Å². The number of thiol groups is 1. The Hall–Kier alpha value is -1.83. The van der Waals surface area contributed by atoms with Crippen molar-refractivity contribution in [3.05, 3.63) is 64.1 Å². The summed E-state index contributed by atoms with van der Waals surface area (Å²) >= 11 is 10.8. The summed E-state index contributed by atoms with van der Waals surface area (Å²) in [6, 6.07) is 15.7. The molecule has 2 aromatic rings. The maximum atomic E-state index is 8.82. The van der Waals surface area contributed by atoms with Gasteiger partial charge in [-0.05, 0) is 31.0 Å². The number of nitrogens with zero attached hydrogens (tertiary/aromatic N) is 3. The Kier molecular flexibility index (Phi) is 9.55. The number of benzene rings is 2. The van der Waals surface area contributed by atoms with Gasteiger partial charge in [-0.2, -0.15) is 21.0 Å². The van der Waals surface area contributed by atoms with Crippen LogP contribution in [0.15, 0.2) is 48.5 Å². The van der Waals surface area contributed by atoms with Crippen LogP contribution in [0.5, 0.6) is 0 Å². The fourth-order valence-corrected chi connectivity index (χ4v) is 2.86. The van der Waals surface area contributed by atoms with Crippen molar-refractivity contribution in [3.63, 3.8) is 0 Å². The number of rotatable bonds is 6. The number of hydrogen-bond acceptors (Lipinski definition) is 5. The van der Waals surface area contributed by atoms with Crippen molar-refractivity contribution < 1.29 is 17.5 Å². The van der Waals surface area contributed by atoms with Gasteiger partial charge in [0, 0.05) is 30.1 Å². The zero-order valence-electron chi connectivity index (χ0n) is 14.6. The molecule has 27 heavy (non-hydrogen) atoms. The number of anilines is 1. The Labute approximate surface area is 169 Å². The molecule has 146 valence electrons. The molecule has 0 radical (unpaired) electrons. The van der Waals surface area contributed by atoms with Crippen LogP contribution in [0.4, 0.5) is 11.4 Å². The van der Waals surface area contributed by atoms with Crippen LogP contribution in [0.1, 0.15) is 24.2 Å². The monoisotopic (exact) mass is 430 g/mol. The van der Waals surface area contributed by atoms with E-state index in [-0.39, 0.29) is 5.25 Å². The Morgan fingerprint density at radius 3 is 2.30 bits per heavy atom. The van der Waals surface area contributed by atoms with E-state index in [2.05, 4.69) is 28.9 Å². The molecule has 1 atom stereocenters. The molecule has 0 heterocycles. The number of halogens is 1. The molecular formula is C17H21ClN3O4S2+. The van der Waals surface area contributed by atoms with Gasteiger partial charge in [0.1, 0.15) is 5.02 Å².